The van der Waals surface area contributed by atoms with Crippen LogP contribution in [-0.2, 0) is 11.8 Å². The molecule has 2 aromatic heterocycles. The first kappa shape index (κ1) is 17.2. The summed E-state index contributed by atoms with van der Waals surface area (Å²) in [4.78, 5) is 14.7. The zero-order chi connectivity index (χ0) is 19.3. The van der Waals surface area contributed by atoms with Gasteiger partial charge in [0.05, 0.1) is 11.1 Å². The van der Waals surface area contributed by atoms with Gasteiger partial charge in [0.15, 0.2) is 0 Å². The second kappa shape index (κ2) is 6.29. The van der Waals surface area contributed by atoms with E-state index in [1.165, 1.54) is 12.8 Å². The summed E-state index contributed by atoms with van der Waals surface area (Å²) in [5, 5.41) is 19.4. The minimum atomic E-state index is -0.422. The molecule has 0 bridgehead atoms. The Bertz CT molecular complexity index is 1030. The van der Waals surface area contributed by atoms with Crippen LogP contribution in [0.1, 0.15) is 32.6 Å². The molecule has 9 nitrogen and oxygen atoms in total. The molecule has 1 aromatic carbocycles. The van der Waals surface area contributed by atoms with Crippen molar-refractivity contribution in [1.29, 1.82) is 0 Å². The van der Waals surface area contributed by atoms with Crippen molar-refractivity contribution in [3.05, 3.63) is 18.2 Å². The number of fused-ring (bicyclic) bond motifs is 1. The van der Waals surface area contributed by atoms with E-state index in [0.717, 1.165) is 37.0 Å². The van der Waals surface area contributed by atoms with Crippen molar-refractivity contribution in [1.82, 2.24) is 30.1 Å². The number of likely N-dealkylation sites (tertiary alicyclic amines) is 1. The van der Waals surface area contributed by atoms with Gasteiger partial charge in [0, 0.05) is 20.1 Å². The Morgan fingerprint density at radius 2 is 1.96 bits per heavy atom. The predicted octanol–water partition coefficient (Wildman–Crippen LogP) is 2.22. The van der Waals surface area contributed by atoms with E-state index in [0.29, 0.717) is 16.8 Å². The molecule has 1 N–H and O–H groups in total. The Hall–Kier alpha value is -2.97. The lowest BCUT2D eigenvalue weighted by Gasteiger charge is -2.33. The van der Waals surface area contributed by atoms with Crippen LogP contribution in [0.25, 0.3) is 22.5 Å². The maximum absolute atomic E-state index is 12.7. The number of hydrogen-bond acceptors (Lipinski definition) is 7. The Kier molecular flexibility index (Phi) is 3.85. The van der Waals surface area contributed by atoms with Gasteiger partial charge in [-0.2, -0.15) is 0 Å². The van der Waals surface area contributed by atoms with Crippen molar-refractivity contribution in [3.63, 3.8) is 0 Å². The van der Waals surface area contributed by atoms with E-state index in [-0.39, 0.29) is 11.9 Å². The summed E-state index contributed by atoms with van der Waals surface area (Å²) in [6, 6.07) is 5.50. The number of nitrogens with zero attached hydrogens (tertiary/aromatic N) is 6. The van der Waals surface area contributed by atoms with Crippen molar-refractivity contribution in [2.75, 3.05) is 18.4 Å². The second-order valence-corrected chi connectivity index (χ2v) is 7.99. The number of aryl methyl sites for hydroxylation is 1. The van der Waals surface area contributed by atoms with E-state index < -0.39 is 6.04 Å². The van der Waals surface area contributed by atoms with Gasteiger partial charge in [0.25, 0.3) is 5.89 Å². The van der Waals surface area contributed by atoms with Gasteiger partial charge in [-0.15, -0.1) is 10.2 Å². The molecule has 0 unspecified atom stereocenters. The molecule has 1 saturated carbocycles. The van der Waals surface area contributed by atoms with Crippen LogP contribution < -0.4 is 5.32 Å². The van der Waals surface area contributed by atoms with E-state index >= 15 is 0 Å². The number of carbonyl (C=O) groups excluding carboxylic acids is 1. The highest BCUT2D eigenvalue weighted by molar-refractivity contribution is 5.89. The number of benzene rings is 1. The third kappa shape index (κ3) is 2.90. The first-order chi connectivity index (χ1) is 13.5. The molecule has 2 fully saturated rings. The zero-order valence-electron chi connectivity index (χ0n) is 16.1. The lowest BCUT2D eigenvalue weighted by molar-refractivity contribution is -0.133. The summed E-state index contributed by atoms with van der Waals surface area (Å²) in [6.45, 7) is 3.51. The molecule has 1 aliphatic carbocycles. The number of rotatable bonds is 4. The summed E-state index contributed by atoms with van der Waals surface area (Å²) in [5.74, 6) is 0.424. The predicted molar refractivity (Wildman–Crippen MR) is 102 cm³/mol. The maximum Gasteiger partial charge on any atom is 0.316 e. The van der Waals surface area contributed by atoms with Crippen LogP contribution >= 0.6 is 0 Å². The van der Waals surface area contributed by atoms with Crippen molar-refractivity contribution < 1.29 is 9.21 Å². The molecular formula is C19H23N7O2. The Balaban J connectivity index is 1.29. The lowest BCUT2D eigenvalue weighted by Crippen LogP contribution is -2.45. The van der Waals surface area contributed by atoms with Crippen LogP contribution in [0.2, 0.25) is 0 Å². The van der Waals surface area contributed by atoms with E-state index in [4.69, 9.17) is 4.42 Å². The average Bonchev–Trinajstić information content (AvgIpc) is 3.12. The topological polar surface area (TPSA) is 102 Å². The summed E-state index contributed by atoms with van der Waals surface area (Å²) in [6.07, 6.45) is 4.90. The van der Waals surface area contributed by atoms with Crippen LogP contribution in [0.3, 0.4) is 0 Å². The van der Waals surface area contributed by atoms with Gasteiger partial charge < -0.3 is 14.6 Å². The van der Waals surface area contributed by atoms with Crippen molar-refractivity contribution in [2.24, 2.45) is 12.5 Å². The number of amides is 1. The van der Waals surface area contributed by atoms with Crippen LogP contribution in [-0.4, -0.2) is 55.1 Å². The fraction of sp³-hybridized carbons (Fsp3) is 0.526. The molecule has 1 saturated heterocycles. The summed E-state index contributed by atoms with van der Waals surface area (Å²) in [5.41, 5.74) is 2.85. The minimum absolute atomic E-state index is 0.0753. The second-order valence-electron chi connectivity index (χ2n) is 7.99. The molecule has 1 aliphatic heterocycles. The summed E-state index contributed by atoms with van der Waals surface area (Å²) in [7, 11) is 1.83. The molecule has 146 valence electrons. The van der Waals surface area contributed by atoms with Gasteiger partial charge in [0.1, 0.15) is 11.6 Å². The van der Waals surface area contributed by atoms with Gasteiger partial charge in [-0.05, 0) is 50.2 Å². The lowest BCUT2D eigenvalue weighted by atomic mass is 9.93. The number of hydrogen-bond donors (Lipinski definition) is 1. The molecule has 1 amide bonds. The fourth-order valence-corrected chi connectivity index (χ4v) is 4.02. The van der Waals surface area contributed by atoms with Crippen LogP contribution in [0.5, 0.6) is 0 Å². The number of anilines is 1. The van der Waals surface area contributed by atoms with E-state index in [1.807, 2.05) is 37.1 Å². The van der Waals surface area contributed by atoms with Crippen LogP contribution in [0.4, 0.5) is 6.01 Å². The minimum Gasteiger partial charge on any atom is -0.403 e. The Morgan fingerprint density at radius 3 is 2.71 bits per heavy atom. The smallest absolute Gasteiger partial charge is 0.316 e. The van der Waals surface area contributed by atoms with Gasteiger partial charge >= 0.3 is 6.01 Å². The summed E-state index contributed by atoms with van der Waals surface area (Å²) >= 11 is 0. The van der Waals surface area contributed by atoms with Crippen molar-refractivity contribution in [3.8, 4) is 11.5 Å². The molecule has 0 radical (unpaired) electrons. The zero-order valence-corrected chi connectivity index (χ0v) is 16.1. The SMILES string of the molecule is C[C@@H](Nc1nnc(-c2cccc3c2nnn3C)o1)C(=O)N1CCC2(CC1)CC2. The van der Waals surface area contributed by atoms with Crippen LogP contribution in [0, 0.1) is 5.41 Å². The third-order valence-electron chi connectivity index (χ3n) is 6.10. The standard InChI is InChI=1S/C19H23N7O2/c1-12(17(27)26-10-8-19(6-7-19)9-11-26)20-18-23-22-16(28-18)13-4-3-5-14-15(13)21-24-25(14)2/h3-5,12H,6-11H2,1-2H3,(H,20,23)/t12-/m1/s1. The van der Waals surface area contributed by atoms with Gasteiger partial charge in [-0.25, -0.2) is 4.68 Å². The van der Waals surface area contributed by atoms with Gasteiger partial charge in [-0.3, -0.25) is 4.79 Å². The van der Waals surface area contributed by atoms with Gasteiger partial charge in [0.2, 0.25) is 5.91 Å². The van der Waals surface area contributed by atoms with E-state index in [1.54, 1.807) is 4.68 Å². The first-order valence-electron chi connectivity index (χ1n) is 9.72. The highest BCUT2D eigenvalue weighted by atomic mass is 16.4. The molecule has 1 spiro atoms. The monoisotopic (exact) mass is 381 g/mol. The molecule has 5 rings (SSSR count). The number of nitrogens with one attached hydrogen (secondary N) is 1. The fourth-order valence-electron chi connectivity index (χ4n) is 4.02. The quantitative estimate of drug-likeness (QED) is 0.739. The normalized spacial score (nSPS) is 19.1. The summed E-state index contributed by atoms with van der Waals surface area (Å²) < 4.78 is 7.45. The Labute approximate surface area is 162 Å². The maximum atomic E-state index is 12.7. The van der Waals surface area contributed by atoms with E-state index in [9.17, 15) is 4.79 Å². The van der Waals surface area contributed by atoms with Crippen LogP contribution in [0.15, 0.2) is 22.6 Å². The third-order valence-corrected chi connectivity index (χ3v) is 6.10. The molecule has 28 heavy (non-hydrogen) atoms. The van der Waals surface area contributed by atoms with Crippen molar-refractivity contribution in [2.45, 2.75) is 38.6 Å². The number of piperidine rings is 1. The molecule has 9 heteroatoms. The Morgan fingerprint density at radius 1 is 1.18 bits per heavy atom. The first-order valence-corrected chi connectivity index (χ1v) is 9.72. The highest BCUT2D eigenvalue weighted by Crippen LogP contribution is 2.53. The van der Waals surface area contributed by atoms with E-state index in [2.05, 4.69) is 25.8 Å². The molecule has 2 aliphatic rings. The average molecular weight is 381 g/mol. The highest BCUT2D eigenvalue weighted by Gasteiger charge is 2.45. The van der Waals surface area contributed by atoms with Gasteiger partial charge in [-0.1, -0.05) is 16.4 Å². The largest absolute Gasteiger partial charge is 0.403 e. The number of aromatic nitrogens is 5. The molecule has 1 atom stereocenters. The van der Waals surface area contributed by atoms with Crippen molar-refractivity contribution >= 4 is 23.0 Å². The number of carbonyl (C=O) groups is 1. The molecule has 3 heterocycles. The molecule has 3 aromatic rings. The molecular weight excluding hydrogens is 358 g/mol.